The van der Waals surface area contributed by atoms with E-state index in [1.807, 2.05) is 6.07 Å². The second-order valence-electron chi connectivity index (χ2n) is 4.29. The van der Waals surface area contributed by atoms with Crippen LogP contribution in [-0.4, -0.2) is 25.3 Å². The van der Waals surface area contributed by atoms with Crippen molar-refractivity contribution < 1.29 is 22.7 Å². The Morgan fingerprint density at radius 1 is 1.29 bits per heavy atom. The number of hydrogen-bond donors (Lipinski definition) is 1. The Morgan fingerprint density at radius 3 is 2.67 bits per heavy atom. The zero-order chi connectivity index (χ0) is 15.7. The lowest BCUT2D eigenvalue weighted by Crippen LogP contribution is -2.15. The van der Waals surface area contributed by atoms with Gasteiger partial charge >= 0.3 is 6.18 Å². The molecule has 0 unspecified atom stereocenters. The summed E-state index contributed by atoms with van der Waals surface area (Å²) in [5.74, 6) is -0.353. The molecule has 4 nitrogen and oxygen atoms in total. The number of carbonyl (C=O) groups excluding carboxylic acids is 1. The standard InChI is InChI=1S/C14H15F3N2O2/c15-14(16,17)7-3-8-21-9-6-13(20)19-12-5-2-1-4-11(12)10-18/h1-2,4-5H,3,6-9H2,(H,19,20). The van der Waals surface area contributed by atoms with E-state index in [9.17, 15) is 18.0 Å². The minimum Gasteiger partial charge on any atom is -0.381 e. The first-order chi connectivity index (χ1) is 9.92. The molecule has 0 aromatic heterocycles. The van der Waals surface area contributed by atoms with Gasteiger partial charge < -0.3 is 10.1 Å². The van der Waals surface area contributed by atoms with Gasteiger partial charge in [-0.2, -0.15) is 18.4 Å². The summed E-state index contributed by atoms with van der Waals surface area (Å²) in [6.45, 7) is -0.0000164. The average Bonchev–Trinajstić information content (AvgIpc) is 2.42. The number of nitriles is 1. The number of amides is 1. The maximum Gasteiger partial charge on any atom is 0.389 e. The Labute approximate surface area is 120 Å². The highest BCUT2D eigenvalue weighted by molar-refractivity contribution is 5.92. The molecule has 0 saturated heterocycles. The molecule has 0 bridgehead atoms. The van der Waals surface area contributed by atoms with Crippen LogP contribution in [0.4, 0.5) is 18.9 Å². The normalized spacial score (nSPS) is 11.0. The monoisotopic (exact) mass is 300 g/mol. The van der Waals surface area contributed by atoms with Crippen LogP contribution in [0.15, 0.2) is 24.3 Å². The van der Waals surface area contributed by atoms with Gasteiger partial charge in [-0.3, -0.25) is 4.79 Å². The van der Waals surface area contributed by atoms with Crippen molar-refractivity contribution in [1.29, 1.82) is 5.26 Å². The Kier molecular flexibility index (Phi) is 6.69. The quantitative estimate of drug-likeness (QED) is 0.786. The van der Waals surface area contributed by atoms with Gasteiger partial charge in [0.15, 0.2) is 0 Å². The summed E-state index contributed by atoms with van der Waals surface area (Å²) in [7, 11) is 0. The topological polar surface area (TPSA) is 62.1 Å². The highest BCUT2D eigenvalue weighted by atomic mass is 19.4. The van der Waals surface area contributed by atoms with Gasteiger partial charge in [0.1, 0.15) is 6.07 Å². The Balaban J connectivity index is 2.22. The zero-order valence-electron chi connectivity index (χ0n) is 11.2. The molecule has 1 aromatic rings. The van der Waals surface area contributed by atoms with Crippen molar-refractivity contribution in [3.05, 3.63) is 29.8 Å². The lowest BCUT2D eigenvalue weighted by Gasteiger charge is -2.08. The predicted molar refractivity (Wildman–Crippen MR) is 70.5 cm³/mol. The van der Waals surface area contributed by atoms with Crippen molar-refractivity contribution in [3.63, 3.8) is 0 Å². The summed E-state index contributed by atoms with van der Waals surface area (Å²) in [6.07, 6.45) is -5.18. The number of nitrogens with one attached hydrogen (secondary N) is 1. The number of rotatable bonds is 7. The summed E-state index contributed by atoms with van der Waals surface area (Å²) in [4.78, 5) is 11.6. The molecule has 1 amide bonds. The van der Waals surface area contributed by atoms with E-state index in [0.29, 0.717) is 11.3 Å². The van der Waals surface area contributed by atoms with Crippen LogP contribution in [0.1, 0.15) is 24.8 Å². The van der Waals surface area contributed by atoms with E-state index in [4.69, 9.17) is 10.00 Å². The van der Waals surface area contributed by atoms with Crippen molar-refractivity contribution in [2.45, 2.75) is 25.4 Å². The van der Waals surface area contributed by atoms with E-state index in [2.05, 4.69) is 5.32 Å². The fraction of sp³-hybridized carbons (Fsp3) is 0.429. The second-order valence-corrected chi connectivity index (χ2v) is 4.29. The lowest BCUT2D eigenvalue weighted by atomic mass is 10.2. The molecule has 1 rings (SSSR count). The van der Waals surface area contributed by atoms with Gasteiger partial charge in [-0.1, -0.05) is 12.1 Å². The Morgan fingerprint density at radius 2 is 2.00 bits per heavy atom. The van der Waals surface area contributed by atoms with Crippen molar-refractivity contribution >= 4 is 11.6 Å². The van der Waals surface area contributed by atoms with E-state index in [1.54, 1.807) is 24.3 Å². The molecule has 0 atom stereocenters. The molecule has 0 radical (unpaired) electrons. The highest BCUT2D eigenvalue weighted by Crippen LogP contribution is 2.21. The van der Waals surface area contributed by atoms with Crippen LogP contribution >= 0.6 is 0 Å². The molecule has 0 saturated carbocycles. The van der Waals surface area contributed by atoms with Gasteiger partial charge in [-0.15, -0.1) is 0 Å². The SMILES string of the molecule is N#Cc1ccccc1NC(=O)CCOCCCC(F)(F)F. The molecule has 0 spiro atoms. The van der Waals surface area contributed by atoms with Crippen molar-refractivity contribution in [3.8, 4) is 6.07 Å². The fourth-order valence-electron chi connectivity index (χ4n) is 1.54. The van der Waals surface area contributed by atoms with Crippen LogP contribution in [0.25, 0.3) is 0 Å². The number of nitrogens with zero attached hydrogens (tertiary/aromatic N) is 1. The molecule has 0 aliphatic carbocycles. The number of halogens is 3. The number of hydrogen-bond acceptors (Lipinski definition) is 3. The lowest BCUT2D eigenvalue weighted by molar-refractivity contribution is -0.138. The molecular weight excluding hydrogens is 285 g/mol. The number of ether oxygens (including phenoxy) is 1. The van der Waals surface area contributed by atoms with Crippen LogP contribution in [0.5, 0.6) is 0 Å². The third-order valence-corrected chi connectivity index (χ3v) is 2.54. The van der Waals surface area contributed by atoms with Crippen molar-refractivity contribution in [1.82, 2.24) is 0 Å². The van der Waals surface area contributed by atoms with Crippen LogP contribution < -0.4 is 5.32 Å². The Bertz CT molecular complexity index is 510. The highest BCUT2D eigenvalue weighted by Gasteiger charge is 2.25. The predicted octanol–water partition coefficient (Wildman–Crippen LogP) is 3.25. The molecule has 1 N–H and O–H groups in total. The van der Waals surface area contributed by atoms with Gasteiger partial charge in [0.05, 0.1) is 24.3 Å². The summed E-state index contributed by atoms with van der Waals surface area (Å²) in [5, 5.41) is 11.4. The molecule has 0 heterocycles. The maximum atomic E-state index is 11.9. The first-order valence-corrected chi connectivity index (χ1v) is 6.36. The largest absolute Gasteiger partial charge is 0.389 e. The van der Waals surface area contributed by atoms with Crippen molar-refractivity contribution in [2.75, 3.05) is 18.5 Å². The third kappa shape index (κ3) is 7.32. The fourth-order valence-corrected chi connectivity index (χ4v) is 1.54. The molecule has 1 aromatic carbocycles. The van der Waals surface area contributed by atoms with Crippen LogP contribution in [-0.2, 0) is 9.53 Å². The minimum atomic E-state index is -4.18. The summed E-state index contributed by atoms with van der Waals surface area (Å²) in [5.41, 5.74) is 0.749. The van der Waals surface area contributed by atoms with E-state index in [0.717, 1.165) is 0 Å². The number of carbonyl (C=O) groups is 1. The number of para-hydroxylation sites is 1. The number of anilines is 1. The molecule has 0 fully saturated rings. The van der Waals surface area contributed by atoms with Gasteiger partial charge in [0, 0.05) is 13.0 Å². The molecule has 114 valence electrons. The maximum absolute atomic E-state index is 11.9. The first kappa shape index (κ1) is 17.0. The van der Waals surface area contributed by atoms with Gasteiger partial charge in [-0.05, 0) is 18.6 Å². The molecule has 21 heavy (non-hydrogen) atoms. The molecule has 0 aliphatic rings. The number of alkyl halides is 3. The molecule has 0 aliphatic heterocycles. The van der Waals surface area contributed by atoms with Crippen molar-refractivity contribution in [2.24, 2.45) is 0 Å². The van der Waals surface area contributed by atoms with E-state index >= 15 is 0 Å². The summed E-state index contributed by atoms with van der Waals surface area (Å²) < 4.78 is 40.6. The third-order valence-electron chi connectivity index (χ3n) is 2.54. The number of benzene rings is 1. The van der Waals surface area contributed by atoms with Gasteiger partial charge in [-0.25, -0.2) is 0 Å². The zero-order valence-corrected chi connectivity index (χ0v) is 11.2. The van der Waals surface area contributed by atoms with Gasteiger partial charge in [0.25, 0.3) is 0 Å². The molecule has 7 heteroatoms. The summed E-state index contributed by atoms with van der Waals surface area (Å²) >= 11 is 0. The second kappa shape index (κ2) is 8.27. The van der Waals surface area contributed by atoms with Crippen LogP contribution in [0.2, 0.25) is 0 Å². The molecular formula is C14H15F3N2O2. The average molecular weight is 300 g/mol. The Hall–Kier alpha value is -2.07. The smallest absolute Gasteiger partial charge is 0.381 e. The summed E-state index contributed by atoms with van der Waals surface area (Å²) in [6, 6.07) is 8.48. The van der Waals surface area contributed by atoms with E-state index in [-0.39, 0.29) is 32.0 Å². The van der Waals surface area contributed by atoms with Gasteiger partial charge in [0.2, 0.25) is 5.91 Å². The van der Waals surface area contributed by atoms with Crippen LogP contribution in [0.3, 0.4) is 0 Å². The first-order valence-electron chi connectivity index (χ1n) is 6.36. The minimum absolute atomic E-state index is 0.0196. The van der Waals surface area contributed by atoms with Crippen LogP contribution in [0, 0.1) is 11.3 Å². The van der Waals surface area contributed by atoms with E-state index < -0.39 is 12.6 Å². The van der Waals surface area contributed by atoms with E-state index in [1.165, 1.54) is 0 Å².